The fraction of sp³-hybridized carbons (Fsp3) is 0.933. The molecule has 1 aliphatic heterocycles. The third kappa shape index (κ3) is 7.10. The molecule has 1 unspecified atom stereocenters. The topological polar surface area (TPSA) is 50.8 Å². The first-order valence-corrected chi connectivity index (χ1v) is 7.57. The Kier molecular flexibility index (Phi) is 6.76. The summed E-state index contributed by atoms with van der Waals surface area (Å²) in [5.74, 6) is 0.573. The van der Waals surface area contributed by atoms with Crippen LogP contribution < -0.4 is 5.32 Å². The van der Waals surface area contributed by atoms with Crippen LogP contribution in [-0.2, 0) is 9.47 Å². The molecule has 1 saturated heterocycles. The minimum Gasteiger partial charge on any atom is -0.444 e. The summed E-state index contributed by atoms with van der Waals surface area (Å²) >= 11 is 0. The lowest BCUT2D eigenvalue weighted by atomic mass is 10.2. The van der Waals surface area contributed by atoms with Crippen LogP contribution in [0.25, 0.3) is 0 Å². The van der Waals surface area contributed by atoms with E-state index in [-0.39, 0.29) is 6.09 Å². The van der Waals surface area contributed by atoms with E-state index in [0.717, 1.165) is 39.3 Å². The number of carbonyl (C=O) groups is 1. The van der Waals surface area contributed by atoms with Gasteiger partial charge in [-0.05, 0) is 33.1 Å². The average Bonchev–Trinajstić information content (AvgIpc) is 2.74. The number of hydrogen-bond acceptors (Lipinski definition) is 4. The normalized spacial score (nSPS) is 19.7. The third-order valence-electron chi connectivity index (χ3n) is 2.97. The summed E-state index contributed by atoms with van der Waals surface area (Å²) in [6, 6.07) is 0.352. The molecule has 20 heavy (non-hydrogen) atoms. The maximum atomic E-state index is 11.9. The molecule has 0 saturated carbocycles. The standard InChI is InChI=1S/C15H30N2O3/c1-12(2)11-19-9-7-16-13-6-8-17(10-13)14(18)20-15(3,4)5/h12-13,16H,6-11H2,1-5H3. The monoisotopic (exact) mass is 286 g/mol. The first-order valence-electron chi connectivity index (χ1n) is 7.57. The second-order valence-corrected chi connectivity index (χ2v) is 6.83. The molecule has 118 valence electrons. The molecule has 5 nitrogen and oxygen atoms in total. The Bertz CT molecular complexity index is 300. The highest BCUT2D eigenvalue weighted by molar-refractivity contribution is 5.68. The summed E-state index contributed by atoms with van der Waals surface area (Å²) in [6.07, 6.45) is 0.765. The zero-order chi connectivity index (χ0) is 15.2. The molecular weight excluding hydrogens is 256 g/mol. The van der Waals surface area contributed by atoms with E-state index in [9.17, 15) is 4.79 Å². The number of rotatable bonds is 6. The highest BCUT2D eigenvalue weighted by Crippen LogP contribution is 2.15. The second kappa shape index (κ2) is 7.84. The fourth-order valence-electron chi connectivity index (χ4n) is 2.07. The van der Waals surface area contributed by atoms with Gasteiger partial charge >= 0.3 is 6.09 Å². The average molecular weight is 286 g/mol. The number of amides is 1. The number of carbonyl (C=O) groups excluding carboxylic acids is 1. The van der Waals surface area contributed by atoms with Crippen molar-refractivity contribution in [1.82, 2.24) is 10.2 Å². The van der Waals surface area contributed by atoms with Crippen LogP contribution in [0.4, 0.5) is 4.79 Å². The van der Waals surface area contributed by atoms with Gasteiger partial charge in [0.05, 0.1) is 6.61 Å². The van der Waals surface area contributed by atoms with E-state index >= 15 is 0 Å². The summed E-state index contributed by atoms with van der Waals surface area (Å²) in [4.78, 5) is 13.7. The van der Waals surface area contributed by atoms with Gasteiger partial charge in [0, 0.05) is 32.3 Å². The Labute approximate surface area is 123 Å². The van der Waals surface area contributed by atoms with Crippen LogP contribution in [0, 0.1) is 5.92 Å². The van der Waals surface area contributed by atoms with Crippen LogP contribution in [0.1, 0.15) is 41.0 Å². The summed E-state index contributed by atoms with van der Waals surface area (Å²) in [6.45, 7) is 13.8. The molecule has 1 aliphatic rings. The van der Waals surface area contributed by atoms with E-state index in [1.807, 2.05) is 20.8 Å². The lowest BCUT2D eigenvalue weighted by molar-refractivity contribution is 0.0290. The molecule has 0 bridgehead atoms. The van der Waals surface area contributed by atoms with Crippen molar-refractivity contribution in [3.63, 3.8) is 0 Å². The largest absolute Gasteiger partial charge is 0.444 e. The first-order chi connectivity index (χ1) is 9.28. The van der Waals surface area contributed by atoms with Crippen LogP contribution in [0.5, 0.6) is 0 Å². The Morgan fingerprint density at radius 1 is 1.40 bits per heavy atom. The predicted octanol–water partition coefficient (Wildman–Crippen LogP) is 2.26. The summed E-state index contributed by atoms with van der Waals surface area (Å²) < 4.78 is 10.9. The van der Waals surface area contributed by atoms with Crippen LogP contribution in [0.3, 0.4) is 0 Å². The van der Waals surface area contributed by atoms with Crippen LogP contribution in [0.2, 0.25) is 0 Å². The lowest BCUT2D eigenvalue weighted by Gasteiger charge is -2.24. The number of hydrogen-bond donors (Lipinski definition) is 1. The summed E-state index contributed by atoms with van der Waals surface area (Å²) in [5, 5.41) is 3.43. The molecule has 0 aromatic rings. The Balaban J connectivity index is 2.15. The number of nitrogens with zero attached hydrogens (tertiary/aromatic N) is 1. The van der Waals surface area contributed by atoms with Gasteiger partial charge in [0.25, 0.3) is 0 Å². The third-order valence-corrected chi connectivity index (χ3v) is 2.97. The Morgan fingerprint density at radius 3 is 2.70 bits per heavy atom. The second-order valence-electron chi connectivity index (χ2n) is 6.83. The van der Waals surface area contributed by atoms with E-state index in [0.29, 0.717) is 12.0 Å². The molecule has 1 heterocycles. The molecule has 0 aliphatic carbocycles. The molecule has 0 aromatic heterocycles. The van der Waals surface area contributed by atoms with Gasteiger partial charge in [-0.15, -0.1) is 0 Å². The number of ether oxygens (including phenoxy) is 2. The zero-order valence-corrected chi connectivity index (χ0v) is 13.6. The van der Waals surface area contributed by atoms with Crippen molar-refractivity contribution < 1.29 is 14.3 Å². The van der Waals surface area contributed by atoms with Crippen molar-refractivity contribution in [3.05, 3.63) is 0 Å². The van der Waals surface area contributed by atoms with Crippen LogP contribution in [-0.4, -0.2) is 55.5 Å². The minimum absolute atomic E-state index is 0.210. The van der Waals surface area contributed by atoms with E-state index < -0.39 is 5.60 Å². The predicted molar refractivity (Wildman–Crippen MR) is 79.9 cm³/mol. The highest BCUT2D eigenvalue weighted by atomic mass is 16.6. The highest BCUT2D eigenvalue weighted by Gasteiger charge is 2.29. The molecule has 1 atom stereocenters. The Hall–Kier alpha value is -0.810. The van der Waals surface area contributed by atoms with Gasteiger partial charge in [-0.3, -0.25) is 0 Å². The van der Waals surface area contributed by atoms with E-state index in [1.165, 1.54) is 0 Å². The van der Waals surface area contributed by atoms with Crippen molar-refractivity contribution in [2.45, 2.75) is 52.7 Å². The molecule has 1 N–H and O–H groups in total. The maximum absolute atomic E-state index is 11.9. The summed E-state index contributed by atoms with van der Waals surface area (Å²) in [5.41, 5.74) is -0.423. The van der Waals surface area contributed by atoms with Gasteiger partial charge in [-0.1, -0.05) is 13.8 Å². The molecule has 1 rings (SSSR count). The van der Waals surface area contributed by atoms with Gasteiger partial charge in [-0.2, -0.15) is 0 Å². The van der Waals surface area contributed by atoms with Crippen molar-refractivity contribution >= 4 is 6.09 Å². The van der Waals surface area contributed by atoms with Crippen LogP contribution in [0.15, 0.2) is 0 Å². The van der Waals surface area contributed by atoms with Crippen LogP contribution >= 0.6 is 0 Å². The quantitative estimate of drug-likeness (QED) is 0.761. The van der Waals surface area contributed by atoms with Gasteiger partial charge in [0.15, 0.2) is 0 Å². The van der Waals surface area contributed by atoms with Crippen molar-refractivity contribution in [2.75, 3.05) is 32.8 Å². The van der Waals surface area contributed by atoms with Gasteiger partial charge in [0.2, 0.25) is 0 Å². The van der Waals surface area contributed by atoms with Crippen molar-refractivity contribution in [2.24, 2.45) is 5.92 Å². The molecule has 0 spiro atoms. The van der Waals surface area contributed by atoms with Crippen molar-refractivity contribution in [3.8, 4) is 0 Å². The first kappa shape index (κ1) is 17.2. The lowest BCUT2D eigenvalue weighted by Crippen LogP contribution is -2.39. The van der Waals surface area contributed by atoms with E-state index in [1.54, 1.807) is 4.90 Å². The van der Waals surface area contributed by atoms with Gasteiger partial charge < -0.3 is 19.7 Å². The Morgan fingerprint density at radius 2 is 2.10 bits per heavy atom. The minimum atomic E-state index is -0.423. The number of nitrogens with one attached hydrogen (secondary N) is 1. The fourth-order valence-corrected chi connectivity index (χ4v) is 2.07. The van der Waals surface area contributed by atoms with E-state index in [4.69, 9.17) is 9.47 Å². The maximum Gasteiger partial charge on any atom is 0.410 e. The molecule has 5 heteroatoms. The zero-order valence-electron chi connectivity index (χ0n) is 13.6. The molecule has 0 aromatic carbocycles. The summed E-state index contributed by atoms with van der Waals surface area (Å²) in [7, 11) is 0. The molecular formula is C15H30N2O3. The SMILES string of the molecule is CC(C)COCCNC1CCN(C(=O)OC(C)(C)C)C1. The van der Waals surface area contributed by atoms with Gasteiger partial charge in [0.1, 0.15) is 5.60 Å². The molecule has 1 amide bonds. The number of likely N-dealkylation sites (tertiary alicyclic amines) is 1. The van der Waals surface area contributed by atoms with E-state index in [2.05, 4.69) is 19.2 Å². The molecule has 1 fully saturated rings. The van der Waals surface area contributed by atoms with Crippen molar-refractivity contribution in [1.29, 1.82) is 0 Å². The van der Waals surface area contributed by atoms with Gasteiger partial charge in [-0.25, -0.2) is 4.79 Å². The smallest absolute Gasteiger partial charge is 0.410 e. The molecule has 0 radical (unpaired) electrons.